The van der Waals surface area contributed by atoms with Gasteiger partial charge in [0, 0.05) is 5.39 Å². The monoisotopic (exact) mass is 468 g/mol. The van der Waals surface area contributed by atoms with E-state index in [0.717, 1.165) is 42.1 Å². The van der Waals surface area contributed by atoms with Crippen LogP contribution in [0.4, 0.5) is 8.78 Å². The number of hydrogen-bond donors (Lipinski definition) is 0. The highest BCUT2D eigenvalue weighted by atomic mass is 19.2. The van der Waals surface area contributed by atoms with Crippen molar-refractivity contribution < 1.29 is 13.5 Å². The van der Waals surface area contributed by atoms with Gasteiger partial charge in [-0.2, -0.15) is 4.39 Å². The van der Waals surface area contributed by atoms with Crippen molar-refractivity contribution in [2.45, 2.75) is 90.9 Å². The largest absolute Gasteiger partial charge is 0.486 e. The normalized spacial score (nSPS) is 25.8. The summed E-state index contributed by atoms with van der Waals surface area (Å²) in [5.74, 6) is 1.97. The molecule has 0 heterocycles. The Morgan fingerprint density at radius 3 is 2.12 bits per heavy atom. The van der Waals surface area contributed by atoms with Crippen LogP contribution in [-0.4, -0.2) is 6.61 Å². The molecular formula is C31H42F2O. The standard InChI is InChI=1S/C31H42F2O/c1-3-5-19-34-29-21-27-18-13-24(20-28(27)30(32)31(29)33)8-7-23-11-16-26(17-12-23)25-14-9-22(6-4-2)10-15-25/h3,5,13,18,20-23,25-26H,4,6-12,14-17,19H2,1-2H3. The lowest BCUT2D eigenvalue weighted by Crippen LogP contribution is -2.26. The molecule has 0 unspecified atom stereocenters. The van der Waals surface area contributed by atoms with Gasteiger partial charge in [-0.1, -0.05) is 69.7 Å². The molecule has 0 bridgehead atoms. The fraction of sp³-hybridized carbons (Fsp3) is 0.613. The molecule has 3 heteroatoms. The Bertz CT molecular complexity index is 950. The SMILES string of the molecule is CC=CCOc1cc2ccc(CCC3CCC(C4CCC(CCC)CC4)CC3)cc2c(F)c1F. The molecule has 2 aliphatic rings. The van der Waals surface area contributed by atoms with Crippen molar-refractivity contribution in [1.82, 2.24) is 0 Å². The van der Waals surface area contributed by atoms with Crippen LogP contribution in [-0.2, 0) is 6.42 Å². The topological polar surface area (TPSA) is 9.23 Å². The molecule has 0 atom stereocenters. The molecule has 4 rings (SSSR count). The fourth-order valence-electron chi connectivity index (χ4n) is 6.52. The van der Waals surface area contributed by atoms with E-state index in [9.17, 15) is 8.78 Å². The lowest BCUT2D eigenvalue weighted by Gasteiger charge is -2.38. The van der Waals surface area contributed by atoms with Gasteiger partial charge in [0.25, 0.3) is 0 Å². The summed E-state index contributed by atoms with van der Waals surface area (Å²) in [6.07, 6.45) is 19.7. The van der Waals surface area contributed by atoms with Crippen LogP contribution in [0.25, 0.3) is 10.8 Å². The highest BCUT2D eigenvalue weighted by molar-refractivity contribution is 5.85. The second-order valence-electron chi connectivity index (χ2n) is 10.8. The van der Waals surface area contributed by atoms with Gasteiger partial charge >= 0.3 is 0 Å². The predicted octanol–water partition coefficient (Wildman–Crippen LogP) is 9.42. The van der Waals surface area contributed by atoms with E-state index in [1.807, 2.05) is 25.1 Å². The van der Waals surface area contributed by atoms with Gasteiger partial charge in [0.05, 0.1) is 0 Å². The molecule has 34 heavy (non-hydrogen) atoms. The number of rotatable bonds is 9. The molecule has 0 spiro atoms. The average Bonchev–Trinajstić information content (AvgIpc) is 2.87. The quantitative estimate of drug-likeness (QED) is 0.333. The van der Waals surface area contributed by atoms with E-state index in [-0.39, 0.29) is 12.4 Å². The number of hydrogen-bond acceptors (Lipinski definition) is 1. The minimum absolute atomic E-state index is 0.0218. The number of ether oxygens (including phenoxy) is 1. The summed E-state index contributed by atoms with van der Waals surface area (Å²) in [5, 5.41) is 1.04. The number of fused-ring (bicyclic) bond motifs is 1. The van der Waals surface area contributed by atoms with Gasteiger partial charge in [0.15, 0.2) is 11.6 Å². The number of benzene rings is 2. The molecule has 0 aromatic heterocycles. The number of allylic oxidation sites excluding steroid dienone is 1. The van der Waals surface area contributed by atoms with Crippen molar-refractivity contribution in [3.63, 3.8) is 0 Å². The zero-order chi connectivity index (χ0) is 23.9. The zero-order valence-electron chi connectivity index (χ0n) is 21.1. The second-order valence-corrected chi connectivity index (χ2v) is 10.8. The Balaban J connectivity index is 1.28. The second kappa shape index (κ2) is 12.2. The van der Waals surface area contributed by atoms with E-state index in [2.05, 4.69) is 13.0 Å². The molecule has 2 aliphatic carbocycles. The molecule has 0 amide bonds. The molecule has 2 saturated carbocycles. The third kappa shape index (κ3) is 6.20. The van der Waals surface area contributed by atoms with Crippen molar-refractivity contribution in [1.29, 1.82) is 0 Å². The molecule has 1 nitrogen and oxygen atoms in total. The van der Waals surface area contributed by atoms with Crippen molar-refractivity contribution in [3.8, 4) is 5.75 Å². The predicted molar refractivity (Wildman–Crippen MR) is 138 cm³/mol. The molecule has 2 aromatic rings. The summed E-state index contributed by atoms with van der Waals surface area (Å²) >= 11 is 0. The van der Waals surface area contributed by atoms with E-state index >= 15 is 0 Å². The molecule has 0 saturated heterocycles. The molecular weight excluding hydrogens is 426 g/mol. The van der Waals surface area contributed by atoms with E-state index in [1.54, 1.807) is 12.1 Å². The Hall–Kier alpha value is -1.90. The summed E-state index contributed by atoms with van der Waals surface area (Å²) in [6, 6.07) is 7.42. The summed E-state index contributed by atoms with van der Waals surface area (Å²) in [7, 11) is 0. The Morgan fingerprint density at radius 1 is 0.853 bits per heavy atom. The van der Waals surface area contributed by atoms with Gasteiger partial charge in [-0.25, -0.2) is 4.39 Å². The van der Waals surface area contributed by atoms with Gasteiger partial charge in [-0.05, 0) is 92.2 Å². The van der Waals surface area contributed by atoms with Crippen molar-refractivity contribution in [3.05, 3.63) is 53.6 Å². The Labute approximate surface area is 205 Å². The zero-order valence-corrected chi connectivity index (χ0v) is 21.1. The molecule has 0 aliphatic heterocycles. The highest BCUT2D eigenvalue weighted by Crippen LogP contribution is 2.43. The van der Waals surface area contributed by atoms with Crippen LogP contribution in [0.5, 0.6) is 5.75 Å². The molecule has 186 valence electrons. The van der Waals surface area contributed by atoms with E-state index < -0.39 is 11.6 Å². The van der Waals surface area contributed by atoms with Crippen LogP contribution in [0.2, 0.25) is 0 Å². The molecule has 0 N–H and O–H groups in total. The fourth-order valence-corrected chi connectivity index (χ4v) is 6.52. The highest BCUT2D eigenvalue weighted by Gasteiger charge is 2.30. The first-order valence-corrected chi connectivity index (χ1v) is 13.7. The lowest BCUT2D eigenvalue weighted by atomic mass is 9.68. The number of halogens is 2. The van der Waals surface area contributed by atoms with Gasteiger partial charge in [0.1, 0.15) is 6.61 Å². The van der Waals surface area contributed by atoms with Crippen LogP contribution >= 0.6 is 0 Å². The van der Waals surface area contributed by atoms with E-state index in [4.69, 9.17) is 4.74 Å². The van der Waals surface area contributed by atoms with Crippen LogP contribution in [0.1, 0.15) is 90.0 Å². The summed E-state index contributed by atoms with van der Waals surface area (Å²) in [6.45, 7) is 4.42. The third-order valence-corrected chi connectivity index (χ3v) is 8.61. The Kier molecular flexibility index (Phi) is 9.03. The first-order valence-electron chi connectivity index (χ1n) is 13.7. The molecule has 2 fully saturated rings. The van der Waals surface area contributed by atoms with Crippen molar-refractivity contribution in [2.24, 2.45) is 23.7 Å². The Morgan fingerprint density at radius 2 is 1.50 bits per heavy atom. The van der Waals surface area contributed by atoms with Crippen LogP contribution < -0.4 is 4.74 Å². The summed E-state index contributed by atoms with van der Waals surface area (Å²) in [5.41, 5.74) is 1.10. The maximum absolute atomic E-state index is 14.8. The van der Waals surface area contributed by atoms with E-state index in [1.165, 1.54) is 64.2 Å². The van der Waals surface area contributed by atoms with Gasteiger partial charge in [-0.15, -0.1) is 0 Å². The lowest BCUT2D eigenvalue weighted by molar-refractivity contribution is 0.141. The van der Waals surface area contributed by atoms with Crippen LogP contribution in [0.15, 0.2) is 36.4 Å². The first-order chi connectivity index (χ1) is 16.6. The van der Waals surface area contributed by atoms with Crippen molar-refractivity contribution in [2.75, 3.05) is 6.61 Å². The minimum atomic E-state index is -0.892. The van der Waals surface area contributed by atoms with Gasteiger partial charge < -0.3 is 4.74 Å². The van der Waals surface area contributed by atoms with E-state index in [0.29, 0.717) is 10.8 Å². The maximum atomic E-state index is 14.8. The summed E-state index contributed by atoms with van der Waals surface area (Å²) < 4.78 is 34.6. The molecule has 2 aromatic carbocycles. The minimum Gasteiger partial charge on any atom is -0.486 e. The summed E-state index contributed by atoms with van der Waals surface area (Å²) in [4.78, 5) is 0. The maximum Gasteiger partial charge on any atom is 0.201 e. The third-order valence-electron chi connectivity index (χ3n) is 8.61. The van der Waals surface area contributed by atoms with Crippen LogP contribution in [0.3, 0.4) is 0 Å². The van der Waals surface area contributed by atoms with Crippen LogP contribution in [0, 0.1) is 35.3 Å². The van der Waals surface area contributed by atoms with Crippen molar-refractivity contribution >= 4 is 10.8 Å². The first kappa shape index (κ1) is 25.2. The molecule has 0 radical (unpaired) electrons. The van der Waals surface area contributed by atoms with Gasteiger partial charge in [-0.3, -0.25) is 0 Å². The number of aryl methyl sites for hydroxylation is 1. The average molecular weight is 469 g/mol. The smallest absolute Gasteiger partial charge is 0.201 e. The van der Waals surface area contributed by atoms with Gasteiger partial charge in [0.2, 0.25) is 5.82 Å².